The van der Waals surface area contributed by atoms with Crippen LogP contribution in [0.25, 0.3) is 10.9 Å². The van der Waals surface area contributed by atoms with Gasteiger partial charge in [0, 0.05) is 34.8 Å². The summed E-state index contributed by atoms with van der Waals surface area (Å²) in [4.78, 5) is 42.7. The van der Waals surface area contributed by atoms with Crippen LogP contribution < -0.4 is 15.8 Å². The van der Waals surface area contributed by atoms with Crippen molar-refractivity contribution < 1.29 is 24.2 Å². The third-order valence-electron chi connectivity index (χ3n) is 5.65. The molecule has 9 heteroatoms. The molecule has 2 aromatic carbocycles. The fourth-order valence-electron chi connectivity index (χ4n) is 3.98. The second-order valence-corrected chi connectivity index (χ2v) is 7.84. The van der Waals surface area contributed by atoms with Crippen LogP contribution in [0.2, 0.25) is 0 Å². The number of nitrogens with one attached hydrogen (secondary N) is 1. The molecule has 9 nitrogen and oxygen atoms in total. The third kappa shape index (κ3) is 4.27. The maximum Gasteiger partial charge on any atom is 0.313 e. The van der Waals surface area contributed by atoms with Crippen molar-refractivity contribution >= 4 is 29.1 Å². The molecular formula is C25H22N4O5. The monoisotopic (exact) mass is 458 g/mol. The summed E-state index contributed by atoms with van der Waals surface area (Å²) in [6, 6.07) is 11.4. The van der Waals surface area contributed by atoms with Crippen molar-refractivity contribution in [1.29, 1.82) is 0 Å². The second kappa shape index (κ2) is 9.21. The summed E-state index contributed by atoms with van der Waals surface area (Å²) in [7, 11) is 1.50. The summed E-state index contributed by atoms with van der Waals surface area (Å²) in [6.07, 6.45) is 1.94. The van der Waals surface area contributed by atoms with Gasteiger partial charge in [0.15, 0.2) is 11.8 Å². The van der Waals surface area contributed by atoms with E-state index in [-0.39, 0.29) is 25.6 Å². The van der Waals surface area contributed by atoms with Gasteiger partial charge >= 0.3 is 6.03 Å². The zero-order valence-corrected chi connectivity index (χ0v) is 18.4. The molecule has 0 spiro atoms. The Morgan fingerprint density at radius 2 is 2.15 bits per heavy atom. The number of para-hydroxylation sites is 1. The van der Waals surface area contributed by atoms with Crippen LogP contribution in [0, 0.1) is 11.8 Å². The van der Waals surface area contributed by atoms with Gasteiger partial charge in [-0.15, -0.1) is 0 Å². The molecular weight excluding hydrogens is 436 g/mol. The molecule has 1 aromatic heterocycles. The van der Waals surface area contributed by atoms with Gasteiger partial charge in [-0.25, -0.2) is 4.79 Å². The highest BCUT2D eigenvalue weighted by atomic mass is 16.5. The highest BCUT2D eigenvalue weighted by Gasteiger charge is 2.37. The van der Waals surface area contributed by atoms with E-state index in [4.69, 9.17) is 10.5 Å². The number of hydrogen-bond acceptors (Lipinski definition) is 6. The van der Waals surface area contributed by atoms with Gasteiger partial charge in [0.25, 0.3) is 5.91 Å². The molecule has 0 unspecified atom stereocenters. The van der Waals surface area contributed by atoms with Crippen LogP contribution in [0.5, 0.6) is 5.75 Å². The van der Waals surface area contributed by atoms with Crippen molar-refractivity contribution in [3.8, 4) is 17.6 Å². The van der Waals surface area contributed by atoms with Crippen LogP contribution in [0.4, 0.5) is 4.79 Å². The maximum atomic E-state index is 13.0. The number of nitrogens with zero attached hydrogens (tertiary/aromatic N) is 2. The lowest BCUT2D eigenvalue weighted by molar-refractivity contribution is -0.111. The average molecular weight is 458 g/mol. The van der Waals surface area contributed by atoms with Gasteiger partial charge in [-0.1, -0.05) is 36.1 Å². The summed E-state index contributed by atoms with van der Waals surface area (Å²) in [6.45, 7) is -0.292. The fraction of sp³-hybridized carbons (Fsp3) is 0.200. The second-order valence-electron chi connectivity index (χ2n) is 7.84. The van der Waals surface area contributed by atoms with E-state index >= 15 is 0 Å². The Bertz CT molecular complexity index is 1360. The number of urea groups is 1. The van der Waals surface area contributed by atoms with E-state index in [1.807, 2.05) is 24.3 Å². The smallest absolute Gasteiger partial charge is 0.313 e. The molecule has 1 atom stereocenters. The number of hydrogen-bond donors (Lipinski definition) is 3. The number of benzene rings is 2. The van der Waals surface area contributed by atoms with Gasteiger partial charge in [0.1, 0.15) is 5.75 Å². The largest absolute Gasteiger partial charge is 0.497 e. The molecule has 0 fully saturated rings. The van der Waals surface area contributed by atoms with Crippen molar-refractivity contribution in [2.75, 3.05) is 13.7 Å². The summed E-state index contributed by atoms with van der Waals surface area (Å²) in [5.41, 5.74) is 6.39. The number of nitrogens with two attached hydrogens (primary N) is 1. The topological polar surface area (TPSA) is 135 Å². The van der Waals surface area contributed by atoms with E-state index in [2.05, 4.69) is 22.1 Å². The number of rotatable bonds is 6. The predicted molar refractivity (Wildman–Crippen MR) is 124 cm³/mol. The summed E-state index contributed by atoms with van der Waals surface area (Å²) in [5.74, 6) is 5.83. The first-order valence-corrected chi connectivity index (χ1v) is 10.4. The number of carbonyl (C=O) groups excluding carboxylic acids is 3. The average Bonchev–Trinajstić information content (AvgIpc) is 3.15. The highest BCUT2D eigenvalue weighted by Crippen LogP contribution is 2.28. The molecule has 3 aromatic rings. The molecule has 2 heterocycles. The molecule has 34 heavy (non-hydrogen) atoms. The number of carbonyl (C=O) groups is 3. The number of fused-ring (bicyclic) bond motifs is 2. The molecule has 1 aliphatic heterocycles. The number of pyridine rings is 1. The molecule has 1 aliphatic rings. The first-order valence-electron chi connectivity index (χ1n) is 10.4. The first kappa shape index (κ1) is 22.8. The summed E-state index contributed by atoms with van der Waals surface area (Å²) in [5, 5.41) is 13.0. The number of aliphatic hydroxyl groups is 1. The number of aliphatic hydroxyl groups excluding tert-OH is 1. The normalized spacial score (nSPS) is 14.1. The van der Waals surface area contributed by atoms with E-state index in [0.717, 1.165) is 10.9 Å². The van der Waals surface area contributed by atoms with Crippen LogP contribution >= 0.6 is 0 Å². The molecule has 4 N–H and O–H groups in total. The predicted octanol–water partition coefficient (Wildman–Crippen LogP) is 1.35. The van der Waals surface area contributed by atoms with E-state index in [1.165, 1.54) is 18.2 Å². The minimum atomic E-state index is -1.77. The highest BCUT2D eigenvalue weighted by molar-refractivity contribution is 5.99. The zero-order chi connectivity index (χ0) is 24.3. The van der Waals surface area contributed by atoms with Gasteiger partial charge in [0.05, 0.1) is 25.8 Å². The van der Waals surface area contributed by atoms with E-state index in [1.54, 1.807) is 18.2 Å². The molecule has 0 aliphatic carbocycles. The SMILES string of the molecule is COc1ccc2c(c1)C(=O)N(C[C@](C#Cc1cnc3ccccc3c1CO)(C=O)NC(N)=O)C2. The number of aldehydes is 1. The Kier molecular flexibility index (Phi) is 6.17. The Hall–Kier alpha value is -4.42. The Morgan fingerprint density at radius 1 is 1.35 bits per heavy atom. The lowest BCUT2D eigenvalue weighted by atomic mass is 9.99. The third-order valence-corrected chi connectivity index (χ3v) is 5.65. The van der Waals surface area contributed by atoms with Crippen LogP contribution in [0.1, 0.15) is 27.0 Å². The van der Waals surface area contributed by atoms with E-state index < -0.39 is 11.6 Å². The molecule has 4 rings (SSSR count). The van der Waals surface area contributed by atoms with E-state index in [9.17, 15) is 19.5 Å². The Labute approximate surface area is 195 Å². The number of primary amides is 1. The lowest BCUT2D eigenvalue weighted by Gasteiger charge is -2.28. The number of methoxy groups -OCH3 is 1. The molecule has 0 radical (unpaired) electrons. The van der Waals surface area contributed by atoms with Gasteiger partial charge in [-0.2, -0.15) is 0 Å². The van der Waals surface area contributed by atoms with Crippen LogP contribution in [-0.2, 0) is 17.9 Å². The van der Waals surface area contributed by atoms with Crippen LogP contribution in [-0.4, -0.2) is 52.4 Å². The first-order chi connectivity index (χ1) is 16.4. The van der Waals surface area contributed by atoms with Gasteiger partial charge in [0.2, 0.25) is 0 Å². The molecule has 0 bridgehead atoms. The number of aromatic nitrogens is 1. The summed E-state index contributed by atoms with van der Waals surface area (Å²) >= 11 is 0. The van der Waals surface area contributed by atoms with Crippen molar-refractivity contribution in [3.05, 3.63) is 70.9 Å². The van der Waals surface area contributed by atoms with Gasteiger partial charge < -0.3 is 25.8 Å². The lowest BCUT2D eigenvalue weighted by Crippen LogP contribution is -2.57. The Morgan fingerprint density at radius 3 is 2.85 bits per heavy atom. The summed E-state index contributed by atoms with van der Waals surface area (Å²) < 4.78 is 5.19. The van der Waals surface area contributed by atoms with Crippen LogP contribution in [0.15, 0.2) is 48.7 Å². The Balaban J connectivity index is 1.71. The zero-order valence-electron chi connectivity index (χ0n) is 18.4. The van der Waals surface area contributed by atoms with Crippen molar-refractivity contribution in [2.45, 2.75) is 18.7 Å². The van der Waals surface area contributed by atoms with Crippen LogP contribution in [0.3, 0.4) is 0 Å². The number of amides is 3. The van der Waals surface area contributed by atoms with Gasteiger partial charge in [-0.3, -0.25) is 14.6 Å². The minimum Gasteiger partial charge on any atom is -0.497 e. The molecule has 172 valence electrons. The maximum absolute atomic E-state index is 13.0. The van der Waals surface area contributed by atoms with Crippen molar-refractivity contribution in [3.63, 3.8) is 0 Å². The van der Waals surface area contributed by atoms with E-state index in [0.29, 0.717) is 34.2 Å². The fourth-order valence-corrected chi connectivity index (χ4v) is 3.98. The molecule has 3 amide bonds. The van der Waals surface area contributed by atoms with Crippen molar-refractivity contribution in [2.24, 2.45) is 5.73 Å². The minimum absolute atomic E-state index is 0.224. The quantitative estimate of drug-likeness (QED) is 0.377. The van der Waals surface area contributed by atoms with Gasteiger partial charge in [-0.05, 0) is 23.8 Å². The number of ether oxygens (including phenoxy) is 1. The molecule has 0 saturated heterocycles. The molecule has 0 saturated carbocycles. The standard InChI is InChI=1S/C25H22N4O5/c1-34-18-7-6-17-12-29(23(32)20(17)10-18)14-25(15-31,28-24(26)33)9-8-16-11-27-22-5-3-2-4-19(22)21(16)13-30/h2-7,10-11,15,30H,12-14H2,1H3,(H3,26,28,33)/t25-/m1/s1. The van der Waals surface area contributed by atoms with Crippen molar-refractivity contribution in [1.82, 2.24) is 15.2 Å².